The predicted octanol–water partition coefficient (Wildman–Crippen LogP) is 4.42. The van der Waals surface area contributed by atoms with Gasteiger partial charge in [-0.1, -0.05) is 31.9 Å². The van der Waals surface area contributed by atoms with Crippen molar-refractivity contribution in [1.82, 2.24) is 0 Å². The van der Waals surface area contributed by atoms with E-state index in [2.05, 4.69) is 0 Å². The first-order chi connectivity index (χ1) is 24.3. The molecule has 15 heteroatoms. The zero-order valence-electron chi connectivity index (χ0n) is 29.1. The van der Waals surface area contributed by atoms with Gasteiger partial charge < -0.3 is 42.3 Å². The minimum Gasteiger partial charge on any atom is -0.493 e. The van der Waals surface area contributed by atoms with E-state index in [-0.39, 0.29) is 34.0 Å². The van der Waals surface area contributed by atoms with E-state index in [1.165, 1.54) is 25.5 Å². The third kappa shape index (κ3) is 10.1. The van der Waals surface area contributed by atoms with Crippen LogP contribution in [0.1, 0.15) is 60.3 Å². The lowest BCUT2D eigenvalue weighted by Crippen LogP contribution is -2.63. The van der Waals surface area contributed by atoms with Crippen molar-refractivity contribution in [3.05, 3.63) is 52.9 Å². The Bertz CT molecular complexity index is 1790. The molecule has 0 N–H and O–H groups in total. The van der Waals surface area contributed by atoms with Crippen molar-refractivity contribution in [1.29, 1.82) is 0 Å². The third-order valence-corrected chi connectivity index (χ3v) is 7.63. The van der Waals surface area contributed by atoms with Gasteiger partial charge in [-0.2, -0.15) is 0 Å². The summed E-state index contributed by atoms with van der Waals surface area (Å²) in [6, 6.07) is 9.17. The Balaban J connectivity index is 1.68. The van der Waals surface area contributed by atoms with Crippen LogP contribution in [0.15, 0.2) is 51.9 Å². The van der Waals surface area contributed by atoms with E-state index in [1.807, 2.05) is 6.92 Å². The zero-order chi connectivity index (χ0) is 37.2. The number of hydrogen-bond acceptors (Lipinski definition) is 15. The molecule has 1 aliphatic rings. The lowest BCUT2D eigenvalue weighted by molar-refractivity contribution is -0.288. The molecule has 0 bridgehead atoms. The van der Waals surface area contributed by atoms with E-state index < -0.39 is 66.6 Å². The Labute approximate surface area is 293 Å². The van der Waals surface area contributed by atoms with Crippen LogP contribution in [-0.2, 0) is 47.7 Å². The van der Waals surface area contributed by atoms with Crippen LogP contribution in [0.4, 0.5) is 0 Å². The molecular formula is C36H40O15. The largest absolute Gasteiger partial charge is 0.493 e. The normalized spacial score (nSPS) is 19.8. The van der Waals surface area contributed by atoms with Gasteiger partial charge in [0, 0.05) is 40.2 Å². The Hall–Kier alpha value is -5.44. The zero-order valence-corrected chi connectivity index (χ0v) is 29.1. The lowest BCUT2D eigenvalue weighted by Gasteiger charge is -2.43. The van der Waals surface area contributed by atoms with Crippen molar-refractivity contribution < 1.29 is 66.3 Å². The summed E-state index contributed by atoms with van der Waals surface area (Å²) in [7, 11) is 1.33. The van der Waals surface area contributed by atoms with Gasteiger partial charge in [0.05, 0.1) is 18.1 Å². The fourth-order valence-electron chi connectivity index (χ4n) is 5.40. The summed E-state index contributed by atoms with van der Waals surface area (Å²) in [5.74, 6) is -3.05. The molecule has 0 saturated carbocycles. The maximum Gasteiger partial charge on any atom is 0.311 e. The Kier molecular flexibility index (Phi) is 13.1. The van der Waals surface area contributed by atoms with E-state index >= 15 is 0 Å². The highest BCUT2D eigenvalue weighted by Gasteiger charge is 2.53. The summed E-state index contributed by atoms with van der Waals surface area (Å²) in [4.78, 5) is 73.9. The van der Waals surface area contributed by atoms with Gasteiger partial charge in [-0.15, -0.1) is 0 Å². The van der Waals surface area contributed by atoms with Gasteiger partial charge in [0.15, 0.2) is 23.7 Å². The molecule has 1 aromatic heterocycles. The molecule has 0 aliphatic carbocycles. The quantitative estimate of drug-likeness (QED) is 0.0988. The number of rotatable bonds is 14. The third-order valence-electron chi connectivity index (χ3n) is 7.63. The number of unbranched alkanes of at least 4 members (excludes halogenated alkanes) is 2. The lowest BCUT2D eigenvalue weighted by atomic mass is 9.98. The minimum atomic E-state index is -1.55. The van der Waals surface area contributed by atoms with Gasteiger partial charge in [0.25, 0.3) is 0 Å². The smallest absolute Gasteiger partial charge is 0.311 e. The maximum atomic E-state index is 13.7. The molecule has 0 radical (unpaired) electrons. The molecule has 1 aliphatic heterocycles. The maximum absolute atomic E-state index is 13.7. The fraction of sp³-hybridized carbons (Fsp3) is 0.444. The van der Waals surface area contributed by atoms with Gasteiger partial charge in [0.2, 0.25) is 17.8 Å². The number of benzene rings is 2. The predicted molar refractivity (Wildman–Crippen MR) is 177 cm³/mol. The SMILES string of the molecule is CCCCCC(=O)Oc1ccc(-c2coc3cc(O[C@@H]4O[C@H](COC(C)=O)[C@@H](OC(C)=O)[C@H](OC(C)=O)[C@H]4OC(C)=O)c(OC)cc3c2=O)cc1. The van der Waals surface area contributed by atoms with Crippen LogP contribution < -0.4 is 19.6 Å². The number of esters is 5. The second-order valence-electron chi connectivity index (χ2n) is 11.6. The second-order valence-corrected chi connectivity index (χ2v) is 11.6. The molecule has 3 aromatic rings. The van der Waals surface area contributed by atoms with Crippen molar-refractivity contribution in [2.75, 3.05) is 13.7 Å². The van der Waals surface area contributed by atoms with Crippen molar-refractivity contribution in [3.63, 3.8) is 0 Å². The van der Waals surface area contributed by atoms with Crippen LogP contribution in [0.2, 0.25) is 0 Å². The molecule has 51 heavy (non-hydrogen) atoms. The molecule has 1 fully saturated rings. The van der Waals surface area contributed by atoms with E-state index in [0.717, 1.165) is 47.0 Å². The first-order valence-corrected chi connectivity index (χ1v) is 16.2. The Morgan fingerprint density at radius 3 is 2.04 bits per heavy atom. The number of hydrogen-bond donors (Lipinski definition) is 0. The number of fused-ring (bicyclic) bond motifs is 1. The Morgan fingerprint density at radius 1 is 0.784 bits per heavy atom. The van der Waals surface area contributed by atoms with Crippen LogP contribution >= 0.6 is 0 Å². The molecule has 0 amide bonds. The van der Waals surface area contributed by atoms with Crippen molar-refractivity contribution in [3.8, 4) is 28.4 Å². The highest BCUT2D eigenvalue weighted by Crippen LogP contribution is 2.37. The van der Waals surface area contributed by atoms with Crippen LogP contribution in [0.25, 0.3) is 22.1 Å². The van der Waals surface area contributed by atoms with Crippen LogP contribution in [0.5, 0.6) is 17.2 Å². The molecule has 1 saturated heterocycles. The molecule has 2 aromatic carbocycles. The molecule has 0 unspecified atom stereocenters. The van der Waals surface area contributed by atoms with Crippen molar-refractivity contribution >= 4 is 40.8 Å². The standard InChI is InChI=1S/C36H40O15/c1-7-8-9-10-31(41)49-24-13-11-23(12-14-24)26-17-45-27-16-29(28(43-6)15-25(27)32(26)42)50-36-35(48-22(5)40)34(47-21(4)39)33(46-20(3)38)30(51-36)18-44-19(2)37/h11-17,30,33-36H,7-10,18H2,1-6H3/t30-,33-,34+,35-,36-/m1/s1. The topological polar surface area (TPSA) is 189 Å². The van der Waals surface area contributed by atoms with Gasteiger partial charge >= 0.3 is 29.8 Å². The van der Waals surface area contributed by atoms with E-state index in [1.54, 1.807) is 24.3 Å². The van der Waals surface area contributed by atoms with Crippen molar-refractivity contribution in [2.45, 2.75) is 91.0 Å². The van der Waals surface area contributed by atoms with E-state index in [4.69, 9.17) is 42.3 Å². The monoisotopic (exact) mass is 712 g/mol. The second kappa shape index (κ2) is 17.5. The van der Waals surface area contributed by atoms with E-state index in [9.17, 15) is 28.8 Å². The van der Waals surface area contributed by atoms with Gasteiger partial charge in [-0.05, 0) is 30.2 Å². The van der Waals surface area contributed by atoms with Crippen LogP contribution in [0.3, 0.4) is 0 Å². The average molecular weight is 713 g/mol. The van der Waals surface area contributed by atoms with Crippen LogP contribution in [0, 0.1) is 0 Å². The number of carbonyl (C=O) groups excluding carboxylic acids is 5. The first-order valence-electron chi connectivity index (χ1n) is 16.2. The summed E-state index contributed by atoms with van der Waals surface area (Å²) in [6.07, 6.45) is -2.91. The molecule has 4 rings (SSSR count). The van der Waals surface area contributed by atoms with Gasteiger partial charge in [-0.25, -0.2) is 0 Å². The molecule has 2 heterocycles. The minimum absolute atomic E-state index is 0.0353. The van der Waals surface area contributed by atoms with Gasteiger partial charge in [0.1, 0.15) is 30.3 Å². The molecule has 5 atom stereocenters. The summed E-state index contributed by atoms with van der Waals surface area (Å²) in [5.41, 5.74) is 0.410. The summed E-state index contributed by atoms with van der Waals surface area (Å²) in [5, 5.41) is 0.129. The van der Waals surface area contributed by atoms with Gasteiger partial charge in [-0.3, -0.25) is 28.8 Å². The molecule has 15 nitrogen and oxygen atoms in total. The number of methoxy groups -OCH3 is 1. The number of ether oxygens (including phenoxy) is 8. The highest BCUT2D eigenvalue weighted by atomic mass is 16.7. The molecule has 274 valence electrons. The molecular weight excluding hydrogens is 672 g/mol. The molecule has 0 spiro atoms. The van der Waals surface area contributed by atoms with Crippen molar-refractivity contribution in [2.24, 2.45) is 0 Å². The highest BCUT2D eigenvalue weighted by molar-refractivity contribution is 5.85. The van der Waals surface area contributed by atoms with E-state index in [0.29, 0.717) is 17.7 Å². The fourth-order valence-corrected chi connectivity index (χ4v) is 5.40. The number of carbonyl (C=O) groups is 5. The summed E-state index contributed by atoms with van der Waals surface area (Å²) >= 11 is 0. The first kappa shape index (κ1) is 38.4. The van der Waals surface area contributed by atoms with Crippen LogP contribution in [-0.4, -0.2) is 74.3 Å². The average Bonchev–Trinajstić information content (AvgIpc) is 3.06. The summed E-state index contributed by atoms with van der Waals surface area (Å²) < 4.78 is 50.3. The summed E-state index contributed by atoms with van der Waals surface area (Å²) in [6.45, 7) is 6.06. The Morgan fingerprint density at radius 2 is 1.43 bits per heavy atom.